The molecule has 0 bridgehead atoms. The van der Waals surface area contributed by atoms with Crippen LogP contribution in [0.4, 0.5) is 5.13 Å². The van der Waals surface area contributed by atoms with Gasteiger partial charge >= 0.3 is 0 Å². The molecule has 0 saturated heterocycles. The Balaban J connectivity index is 2.67. The van der Waals surface area contributed by atoms with E-state index in [4.69, 9.17) is 15.5 Å². The van der Waals surface area contributed by atoms with E-state index in [2.05, 4.69) is 38.2 Å². The third kappa shape index (κ3) is 3.10. The molecular weight excluding hydrogens is 294 g/mol. The summed E-state index contributed by atoms with van der Waals surface area (Å²) in [6.45, 7) is 8.43. The molecule has 4 nitrogen and oxygen atoms in total. The van der Waals surface area contributed by atoms with E-state index in [0.717, 1.165) is 32.6 Å². The fraction of sp³-hybridized carbons (Fsp3) is 0.471. The second kappa shape index (κ2) is 6.67. The van der Waals surface area contributed by atoms with Crippen molar-refractivity contribution >= 4 is 16.5 Å². The topological polar surface area (TPSA) is 60.2 Å². The van der Waals surface area contributed by atoms with Gasteiger partial charge in [-0.15, -0.1) is 0 Å². The third-order valence-electron chi connectivity index (χ3n) is 3.73. The Morgan fingerprint density at radius 3 is 2.45 bits per heavy atom. The zero-order valence-corrected chi connectivity index (χ0v) is 15.0. The van der Waals surface area contributed by atoms with Crippen LogP contribution in [0, 0.1) is 6.92 Å². The van der Waals surface area contributed by atoms with Crippen LogP contribution in [-0.4, -0.2) is 19.1 Å². The van der Waals surface area contributed by atoms with Crippen LogP contribution in [0.5, 0.6) is 5.75 Å². The molecule has 1 atom stereocenters. The zero-order valence-electron chi connectivity index (χ0n) is 14.2. The summed E-state index contributed by atoms with van der Waals surface area (Å²) in [5, 5.41) is 4.01. The standard InChI is InChI=1S/C17H25N3OS/c1-9(2)12-8-13(10(3)7-14(12)21-6)15-16(11(4)18)22-17(19-5)20-15/h7-9,11H,18H2,1-6H3,(H,19,20). The van der Waals surface area contributed by atoms with Gasteiger partial charge in [-0.3, -0.25) is 0 Å². The predicted octanol–water partition coefficient (Wildman–Crippen LogP) is 4.31. The van der Waals surface area contributed by atoms with Crippen LogP contribution in [0.3, 0.4) is 0 Å². The first-order valence-corrected chi connectivity index (χ1v) is 8.33. The van der Waals surface area contributed by atoms with Crippen LogP contribution < -0.4 is 15.8 Å². The Morgan fingerprint density at radius 1 is 1.27 bits per heavy atom. The molecule has 0 saturated carbocycles. The van der Waals surface area contributed by atoms with Crippen molar-refractivity contribution in [3.63, 3.8) is 0 Å². The van der Waals surface area contributed by atoms with E-state index in [1.165, 1.54) is 5.56 Å². The second-order valence-electron chi connectivity index (χ2n) is 5.83. The van der Waals surface area contributed by atoms with Crippen LogP contribution >= 0.6 is 11.3 Å². The summed E-state index contributed by atoms with van der Waals surface area (Å²) < 4.78 is 5.53. The van der Waals surface area contributed by atoms with Gasteiger partial charge in [-0.1, -0.05) is 25.2 Å². The quantitative estimate of drug-likeness (QED) is 0.862. The number of thiazole rings is 1. The molecule has 2 aromatic rings. The lowest BCUT2D eigenvalue weighted by Gasteiger charge is -2.16. The van der Waals surface area contributed by atoms with E-state index >= 15 is 0 Å². The number of aryl methyl sites for hydroxylation is 1. The van der Waals surface area contributed by atoms with Gasteiger partial charge in [0.2, 0.25) is 0 Å². The number of nitrogens with two attached hydrogens (primary N) is 1. The summed E-state index contributed by atoms with van der Waals surface area (Å²) in [6, 6.07) is 4.24. The maximum absolute atomic E-state index is 6.14. The molecule has 120 valence electrons. The Hall–Kier alpha value is -1.59. The zero-order chi connectivity index (χ0) is 16.4. The van der Waals surface area contributed by atoms with Crippen molar-refractivity contribution in [2.24, 2.45) is 5.73 Å². The fourth-order valence-electron chi connectivity index (χ4n) is 2.52. The molecule has 0 amide bonds. The van der Waals surface area contributed by atoms with E-state index < -0.39 is 0 Å². The number of benzene rings is 1. The van der Waals surface area contributed by atoms with Crippen molar-refractivity contribution in [3.8, 4) is 17.0 Å². The van der Waals surface area contributed by atoms with E-state index in [1.807, 2.05) is 14.0 Å². The maximum Gasteiger partial charge on any atom is 0.183 e. The van der Waals surface area contributed by atoms with Crippen molar-refractivity contribution in [1.82, 2.24) is 4.98 Å². The smallest absolute Gasteiger partial charge is 0.183 e. The summed E-state index contributed by atoms with van der Waals surface area (Å²) in [6.07, 6.45) is 0. The van der Waals surface area contributed by atoms with Crippen molar-refractivity contribution in [2.45, 2.75) is 39.7 Å². The Labute approximate surface area is 136 Å². The molecule has 3 N–H and O–H groups in total. The van der Waals surface area contributed by atoms with Gasteiger partial charge in [-0.25, -0.2) is 4.98 Å². The maximum atomic E-state index is 6.14. The van der Waals surface area contributed by atoms with Gasteiger partial charge in [0.05, 0.1) is 17.7 Å². The van der Waals surface area contributed by atoms with Gasteiger partial charge in [0.15, 0.2) is 5.13 Å². The van der Waals surface area contributed by atoms with Gasteiger partial charge in [-0.2, -0.15) is 0 Å². The van der Waals surface area contributed by atoms with Crippen molar-refractivity contribution in [2.75, 3.05) is 19.5 Å². The molecule has 0 radical (unpaired) electrons. The molecule has 0 spiro atoms. The molecule has 0 aliphatic carbocycles. The summed E-state index contributed by atoms with van der Waals surface area (Å²) in [5.41, 5.74) is 10.6. The van der Waals surface area contributed by atoms with E-state index in [9.17, 15) is 0 Å². The average Bonchev–Trinajstić information content (AvgIpc) is 2.90. The minimum absolute atomic E-state index is 0.0430. The minimum Gasteiger partial charge on any atom is -0.496 e. The molecule has 1 aromatic carbocycles. The number of hydrogen-bond acceptors (Lipinski definition) is 5. The van der Waals surface area contributed by atoms with Crippen molar-refractivity contribution in [3.05, 3.63) is 28.1 Å². The lowest BCUT2D eigenvalue weighted by molar-refractivity contribution is 0.407. The van der Waals surface area contributed by atoms with Crippen LogP contribution in [0.15, 0.2) is 12.1 Å². The Kier molecular flexibility index (Phi) is 5.08. The lowest BCUT2D eigenvalue weighted by atomic mass is 9.94. The first kappa shape index (κ1) is 16.8. The second-order valence-corrected chi connectivity index (χ2v) is 6.86. The van der Waals surface area contributed by atoms with Crippen LogP contribution in [0.2, 0.25) is 0 Å². The number of aromatic nitrogens is 1. The van der Waals surface area contributed by atoms with Gasteiger partial charge in [0, 0.05) is 18.7 Å². The van der Waals surface area contributed by atoms with Gasteiger partial charge in [0.1, 0.15) is 5.75 Å². The number of methoxy groups -OCH3 is 1. The lowest BCUT2D eigenvalue weighted by Crippen LogP contribution is -2.05. The number of hydrogen-bond donors (Lipinski definition) is 2. The highest BCUT2D eigenvalue weighted by Crippen LogP contribution is 2.39. The highest BCUT2D eigenvalue weighted by Gasteiger charge is 2.20. The minimum atomic E-state index is -0.0430. The van der Waals surface area contributed by atoms with Gasteiger partial charge in [0.25, 0.3) is 0 Å². The molecule has 1 heterocycles. The molecule has 5 heteroatoms. The van der Waals surface area contributed by atoms with Gasteiger partial charge < -0.3 is 15.8 Å². The monoisotopic (exact) mass is 319 g/mol. The SMILES string of the molecule is CNc1nc(-c2cc(C(C)C)c(OC)cc2C)c(C(C)N)s1. The van der Waals surface area contributed by atoms with Crippen LogP contribution in [0.1, 0.15) is 48.7 Å². The molecule has 2 rings (SSSR count). The molecule has 1 aromatic heterocycles. The average molecular weight is 319 g/mol. The van der Waals surface area contributed by atoms with Crippen LogP contribution in [0.25, 0.3) is 11.3 Å². The number of ether oxygens (including phenoxy) is 1. The first-order chi connectivity index (χ1) is 10.4. The molecule has 0 aliphatic rings. The number of nitrogens with zero attached hydrogens (tertiary/aromatic N) is 1. The molecule has 0 aliphatic heterocycles. The largest absolute Gasteiger partial charge is 0.496 e. The van der Waals surface area contributed by atoms with Crippen molar-refractivity contribution < 1.29 is 4.74 Å². The predicted molar refractivity (Wildman–Crippen MR) is 95.1 cm³/mol. The number of nitrogens with one attached hydrogen (secondary N) is 1. The highest BCUT2D eigenvalue weighted by atomic mass is 32.1. The molecule has 22 heavy (non-hydrogen) atoms. The van der Waals surface area contributed by atoms with Gasteiger partial charge in [-0.05, 0) is 43.0 Å². The fourth-order valence-corrected chi connectivity index (χ4v) is 3.41. The molecular formula is C17H25N3OS. The molecule has 0 fully saturated rings. The number of anilines is 1. The first-order valence-electron chi connectivity index (χ1n) is 7.52. The Bertz CT molecular complexity index is 662. The Morgan fingerprint density at radius 2 is 1.95 bits per heavy atom. The third-order valence-corrected chi connectivity index (χ3v) is 5.01. The van der Waals surface area contributed by atoms with Crippen molar-refractivity contribution in [1.29, 1.82) is 0 Å². The summed E-state index contributed by atoms with van der Waals surface area (Å²) in [4.78, 5) is 5.83. The van der Waals surface area contributed by atoms with E-state index in [0.29, 0.717) is 5.92 Å². The summed E-state index contributed by atoms with van der Waals surface area (Å²) >= 11 is 1.62. The number of rotatable bonds is 5. The van der Waals surface area contributed by atoms with E-state index in [-0.39, 0.29) is 6.04 Å². The molecule has 1 unspecified atom stereocenters. The summed E-state index contributed by atoms with van der Waals surface area (Å²) in [5.74, 6) is 1.32. The summed E-state index contributed by atoms with van der Waals surface area (Å²) in [7, 11) is 3.60. The van der Waals surface area contributed by atoms with E-state index in [1.54, 1.807) is 18.4 Å². The highest BCUT2D eigenvalue weighted by molar-refractivity contribution is 7.16. The van der Waals surface area contributed by atoms with Crippen LogP contribution in [-0.2, 0) is 0 Å². The normalized spacial score (nSPS) is 12.5.